The van der Waals surface area contributed by atoms with Crippen LogP contribution in [0.25, 0.3) is 0 Å². The van der Waals surface area contributed by atoms with Gasteiger partial charge in [0, 0.05) is 0 Å². The van der Waals surface area contributed by atoms with Gasteiger partial charge < -0.3 is 19.7 Å². The summed E-state index contributed by atoms with van der Waals surface area (Å²) in [6.45, 7) is 1.48. The average molecular weight is 261 g/mol. The fourth-order valence-electron chi connectivity index (χ4n) is 1.25. The van der Waals surface area contributed by atoms with Crippen LogP contribution in [0.3, 0.4) is 0 Å². The van der Waals surface area contributed by atoms with Gasteiger partial charge in [0.25, 0.3) is 0 Å². The van der Waals surface area contributed by atoms with Crippen LogP contribution in [-0.4, -0.2) is 29.4 Å². The third-order valence-corrected chi connectivity index (χ3v) is 2.17. The minimum atomic E-state index is -1.10. The quantitative estimate of drug-likeness (QED) is 0.814. The molecule has 0 unspecified atom stereocenters. The SMILES string of the molecule is CCOc1cc(CO)cc(Cl)c1OCC(=O)O. The average Bonchev–Trinajstić information content (AvgIpc) is 2.27. The number of carboxylic acids is 1. The molecular formula is C11H13ClO5. The van der Waals surface area contributed by atoms with Gasteiger partial charge in [-0.25, -0.2) is 4.79 Å². The standard InChI is InChI=1S/C11H13ClO5/c1-2-16-9-4-7(5-13)3-8(12)11(9)17-6-10(14)15/h3-4,13H,2,5-6H2,1H3,(H,14,15). The van der Waals surface area contributed by atoms with Crippen LogP contribution < -0.4 is 9.47 Å². The summed E-state index contributed by atoms with van der Waals surface area (Å²) in [5, 5.41) is 17.8. The van der Waals surface area contributed by atoms with Gasteiger partial charge in [-0.15, -0.1) is 0 Å². The first kappa shape index (κ1) is 13.6. The second-order valence-electron chi connectivity index (χ2n) is 3.18. The molecule has 1 aromatic carbocycles. The molecule has 0 saturated heterocycles. The van der Waals surface area contributed by atoms with E-state index in [1.807, 2.05) is 0 Å². The summed E-state index contributed by atoms with van der Waals surface area (Å²) in [7, 11) is 0. The van der Waals surface area contributed by atoms with Crippen molar-refractivity contribution in [3.63, 3.8) is 0 Å². The first-order chi connectivity index (χ1) is 8.08. The maximum Gasteiger partial charge on any atom is 0.341 e. The summed E-state index contributed by atoms with van der Waals surface area (Å²) >= 11 is 5.92. The van der Waals surface area contributed by atoms with Crippen LogP contribution in [0.1, 0.15) is 12.5 Å². The lowest BCUT2D eigenvalue weighted by molar-refractivity contribution is -0.139. The number of aliphatic hydroxyl groups is 1. The monoisotopic (exact) mass is 260 g/mol. The Labute approximate surface area is 104 Å². The smallest absolute Gasteiger partial charge is 0.341 e. The minimum Gasteiger partial charge on any atom is -0.490 e. The Balaban J connectivity index is 3.02. The molecule has 17 heavy (non-hydrogen) atoms. The predicted octanol–water partition coefficient (Wildman–Crippen LogP) is 1.69. The van der Waals surface area contributed by atoms with Gasteiger partial charge in [0.1, 0.15) is 0 Å². The van der Waals surface area contributed by atoms with Gasteiger partial charge in [-0.05, 0) is 24.6 Å². The number of benzene rings is 1. The van der Waals surface area contributed by atoms with Crippen molar-refractivity contribution in [2.75, 3.05) is 13.2 Å². The molecule has 0 amide bonds. The van der Waals surface area contributed by atoms with Crippen molar-refractivity contribution in [1.29, 1.82) is 0 Å². The molecule has 1 aromatic rings. The topological polar surface area (TPSA) is 76.0 Å². The van der Waals surface area contributed by atoms with Gasteiger partial charge in [-0.1, -0.05) is 11.6 Å². The number of rotatable bonds is 6. The first-order valence-electron chi connectivity index (χ1n) is 4.99. The molecule has 2 N–H and O–H groups in total. The molecule has 6 heteroatoms. The number of hydrogen-bond acceptors (Lipinski definition) is 4. The molecule has 0 atom stereocenters. The van der Waals surface area contributed by atoms with Gasteiger partial charge in [0.05, 0.1) is 18.2 Å². The van der Waals surface area contributed by atoms with E-state index in [1.54, 1.807) is 13.0 Å². The highest BCUT2D eigenvalue weighted by atomic mass is 35.5. The van der Waals surface area contributed by atoms with E-state index in [4.69, 9.17) is 31.3 Å². The maximum atomic E-state index is 10.4. The third-order valence-electron chi connectivity index (χ3n) is 1.89. The molecule has 0 radical (unpaired) electrons. The van der Waals surface area contributed by atoms with E-state index in [0.717, 1.165) is 0 Å². The fraction of sp³-hybridized carbons (Fsp3) is 0.364. The molecular weight excluding hydrogens is 248 g/mol. The Morgan fingerprint density at radius 1 is 1.41 bits per heavy atom. The maximum absolute atomic E-state index is 10.4. The number of ether oxygens (including phenoxy) is 2. The van der Waals surface area contributed by atoms with Crippen LogP contribution in [-0.2, 0) is 11.4 Å². The molecule has 0 aromatic heterocycles. The van der Waals surface area contributed by atoms with Gasteiger partial charge in [-0.3, -0.25) is 0 Å². The van der Waals surface area contributed by atoms with Gasteiger partial charge in [0.2, 0.25) is 0 Å². The Hall–Kier alpha value is -1.46. The molecule has 0 saturated carbocycles. The van der Waals surface area contributed by atoms with Crippen molar-refractivity contribution in [3.05, 3.63) is 22.7 Å². The summed E-state index contributed by atoms with van der Waals surface area (Å²) in [6, 6.07) is 3.06. The lowest BCUT2D eigenvalue weighted by Gasteiger charge is -2.13. The summed E-state index contributed by atoms with van der Waals surface area (Å²) in [5.41, 5.74) is 0.570. The highest BCUT2D eigenvalue weighted by Gasteiger charge is 2.13. The van der Waals surface area contributed by atoms with Crippen LogP contribution in [0.4, 0.5) is 0 Å². The van der Waals surface area contributed by atoms with Crippen LogP contribution >= 0.6 is 11.6 Å². The molecule has 0 bridgehead atoms. The van der Waals surface area contributed by atoms with E-state index in [-0.39, 0.29) is 17.4 Å². The highest BCUT2D eigenvalue weighted by molar-refractivity contribution is 6.32. The number of hydrogen-bond donors (Lipinski definition) is 2. The van der Waals surface area contributed by atoms with Crippen LogP contribution in [0.2, 0.25) is 5.02 Å². The highest BCUT2D eigenvalue weighted by Crippen LogP contribution is 2.36. The zero-order valence-electron chi connectivity index (χ0n) is 9.27. The van der Waals surface area contributed by atoms with Gasteiger partial charge in [0.15, 0.2) is 18.1 Å². The van der Waals surface area contributed by atoms with Crippen molar-refractivity contribution in [1.82, 2.24) is 0 Å². The Kier molecular flexibility index (Phi) is 5.06. The third kappa shape index (κ3) is 3.80. The van der Waals surface area contributed by atoms with Crippen LogP contribution in [0.5, 0.6) is 11.5 Å². The number of carbonyl (C=O) groups is 1. The number of aliphatic hydroxyl groups excluding tert-OH is 1. The van der Waals surface area contributed by atoms with Crippen LogP contribution in [0, 0.1) is 0 Å². The molecule has 0 aliphatic rings. The molecule has 0 aliphatic heterocycles. The predicted molar refractivity (Wildman–Crippen MR) is 61.7 cm³/mol. The molecule has 1 rings (SSSR count). The van der Waals surface area contributed by atoms with E-state index in [9.17, 15) is 4.79 Å². The zero-order chi connectivity index (χ0) is 12.8. The summed E-state index contributed by atoms with van der Waals surface area (Å²) in [4.78, 5) is 10.4. The summed E-state index contributed by atoms with van der Waals surface area (Å²) < 4.78 is 10.3. The number of halogens is 1. The normalized spacial score (nSPS) is 10.1. The van der Waals surface area contributed by atoms with Crippen molar-refractivity contribution in [3.8, 4) is 11.5 Å². The summed E-state index contributed by atoms with van der Waals surface area (Å²) in [5.74, 6) is -0.604. The lowest BCUT2D eigenvalue weighted by atomic mass is 10.2. The Morgan fingerprint density at radius 2 is 2.12 bits per heavy atom. The zero-order valence-corrected chi connectivity index (χ0v) is 10.0. The molecule has 0 aliphatic carbocycles. The summed E-state index contributed by atoms with van der Waals surface area (Å²) in [6.07, 6.45) is 0. The Morgan fingerprint density at radius 3 is 2.65 bits per heavy atom. The molecule has 5 nitrogen and oxygen atoms in total. The number of aliphatic carboxylic acids is 1. The number of carboxylic acid groups (broad SMARTS) is 1. The van der Waals surface area contributed by atoms with Crippen molar-refractivity contribution >= 4 is 17.6 Å². The largest absolute Gasteiger partial charge is 0.490 e. The molecule has 0 spiro atoms. The second-order valence-corrected chi connectivity index (χ2v) is 3.59. The van der Waals surface area contributed by atoms with E-state index in [0.29, 0.717) is 17.9 Å². The van der Waals surface area contributed by atoms with E-state index >= 15 is 0 Å². The van der Waals surface area contributed by atoms with E-state index < -0.39 is 12.6 Å². The van der Waals surface area contributed by atoms with Crippen molar-refractivity contribution in [2.24, 2.45) is 0 Å². The molecule has 94 valence electrons. The Bertz CT molecular complexity index is 405. The van der Waals surface area contributed by atoms with E-state index in [1.165, 1.54) is 6.07 Å². The van der Waals surface area contributed by atoms with Gasteiger partial charge in [-0.2, -0.15) is 0 Å². The van der Waals surface area contributed by atoms with Gasteiger partial charge >= 0.3 is 5.97 Å². The van der Waals surface area contributed by atoms with Crippen LogP contribution in [0.15, 0.2) is 12.1 Å². The van der Waals surface area contributed by atoms with Crippen molar-refractivity contribution in [2.45, 2.75) is 13.5 Å². The van der Waals surface area contributed by atoms with E-state index in [2.05, 4.69) is 0 Å². The minimum absolute atomic E-state index is 0.174. The fourth-order valence-corrected chi connectivity index (χ4v) is 1.54. The first-order valence-corrected chi connectivity index (χ1v) is 5.37. The molecule has 0 fully saturated rings. The second kappa shape index (κ2) is 6.32. The van der Waals surface area contributed by atoms with Crippen molar-refractivity contribution < 1.29 is 24.5 Å². The lowest BCUT2D eigenvalue weighted by Crippen LogP contribution is -2.11. The molecule has 0 heterocycles.